The van der Waals surface area contributed by atoms with Crippen LogP contribution in [-0.2, 0) is 21.9 Å². The number of benzene rings is 2. The molecule has 0 aliphatic heterocycles. The second-order valence-corrected chi connectivity index (χ2v) is 9.22. The molecule has 2 rings (SSSR count). The van der Waals surface area contributed by atoms with Gasteiger partial charge in [0.1, 0.15) is 6.04 Å². The lowest BCUT2D eigenvalue weighted by Crippen LogP contribution is -2.51. The van der Waals surface area contributed by atoms with Gasteiger partial charge in [-0.3, -0.25) is 9.59 Å². The highest BCUT2D eigenvalue weighted by Gasteiger charge is 2.29. The van der Waals surface area contributed by atoms with Crippen LogP contribution in [0.4, 0.5) is 0 Å². The van der Waals surface area contributed by atoms with E-state index in [9.17, 15) is 9.59 Å². The van der Waals surface area contributed by atoms with Crippen LogP contribution in [0.5, 0.6) is 0 Å². The molecule has 0 bridgehead atoms. The zero-order chi connectivity index (χ0) is 22.8. The SMILES string of the molecule is CC[C@H](C(=O)N[C@@H](C)CC)N(Cc1cccc(C)c1)C(=O)CSCc1ccc(C)cc1. The maximum Gasteiger partial charge on any atom is 0.243 e. The first kappa shape index (κ1) is 25.0. The molecular weight excluding hydrogens is 404 g/mol. The first-order valence-corrected chi connectivity index (χ1v) is 12.3. The van der Waals surface area contributed by atoms with Crippen LogP contribution in [0, 0.1) is 13.8 Å². The fourth-order valence-corrected chi connectivity index (χ4v) is 4.26. The normalized spacial score (nSPS) is 12.8. The standard InChI is InChI=1S/C26H36N2O2S/c1-6-21(5)27-26(30)24(7-2)28(16-23-10-8-9-20(4)15-23)25(29)18-31-17-22-13-11-19(3)12-14-22/h8-15,21,24H,6-7,16-18H2,1-5H3,(H,27,30)/t21-,24+/m0/s1. The number of rotatable bonds is 11. The van der Waals surface area contributed by atoms with Gasteiger partial charge in [0.2, 0.25) is 11.8 Å². The van der Waals surface area contributed by atoms with E-state index in [0.29, 0.717) is 18.7 Å². The molecule has 5 heteroatoms. The van der Waals surface area contributed by atoms with Gasteiger partial charge in [0, 0.05) is 18.3 Å². The summed E-state index contributed by atoms with van der Waals surface area (Å²) in [4.78, 5) is 28.0. The van der Waals surface area contributed by atoms with E-state index in [1.54, 1.807) is 16.7 Å². The van der Waals surface area contributed by atoms with Crippen molar-refractivity contribution in [3.8, 4) is 0 Å². The summed E-state index contributed by atoms with van der Waals surface area (Å²) in [7, 11) is 0. The summed E-state index contributed by atoms with van der Waals surface area (Å²) in [5, 5.41) is 3.06. The third-order valence-electron chi connectivity index (χ3n) is 5.44. The van der Waals surface area contributed by atoms with E-state index in [0.717, 1.165) is 23.3 Å². The van der Waals surface area contributed by atoms with Crippen LogP contribution in [0.3, 0.4) is 0 Å². The summed E-state index contributed by atoms with van der Waals surface area (Å²) in [5.74, 6) is 1.07. The Morgan fingerprint density at radius 2 is 1.68 bits per heavy atom. The average molecular weight is 441 g/mol. The molecule has 0 saturated carbocycles. The summed E-state index contributed by atoms with van der Waals surface area (Å²) in [6.45, 7) is 10.6. The molecule has 2 aromatic carbocycles. The Balaban J connectivity index is 2.13. The maximum absolute atomic E-state index is 13.3. The summed E-state index contributed by atoms with van der Waals surface area (Å²) in [6.07, 6.45) is 1.45. The van der Waals surface area contributed by atoms with Gasteiger partial charge in [-0.05, 0) is 44.7 Å². The minimum Gasteiger partial charge on any atom is -0.352 e. The van der Waals surface area contributed by atoms with Crippen LogP contribution in [0.2, 0.25) is 0 Å². The van der Waals surface area contributed by atoms with Crippen molar-refractivity contribution in [1.29, 1.82) is 0 Å². The van der Waals surface area contributed by atoms with Gasteiger partial charge in [0.15, 0.2) is 0 Å². The minimum atomic E-state index is -0.470. The van der Waals surface area contributed by atoms with Gasteiger partial charge in [0.25, 0.3) is 0 Å². The number of aryl methyl sites for hydroxylation is 2. The highest BCUT2D eigenvalue weighted by molar-refractivity contribution is 7.99. The molecule has 2 amide bonds. The number of nitrogens with one attached hydrogen (secondary N) is 1. The van der Waals surface area contributed by atoms with Crippen molar-refractivity contribution < 1.29 is 9.59 Å². The van der Waals surface area contributed by atoms with E-state index in [1.165, 1.54) is 11.1 Å². The molecule has 0 heterocycles. The van der Waals surface area contributed by atoms with Gasteiger partial charge >= 0.3 is 0 Å². The topological polar surface area (TPSA) is 49.4 Å². The molecule has 0 spiro atoms. The van der Waals surface area contributed by atoms with Crippen LogP contribution in [-0.4, -0.2) is 34.6 Å². The number of nitrogens with zero attached hydrogens (tertiary/aromatic N) is 1. The molecule has 0 unspecified atom stereocenters. The zero-order valence-electron chi connectivity index (χ0n) is 19.5. The summed E-state index contributed by atoms with van der Waals surface area (Å²) in [6, 6.07) is 16.2. The average Bonchev–Trinajstić information content (AvgIpc) is 2.74. The van der Waals surface area contributed by atoms with Gasteiger partial charge in [-0.1, -0.05) is 73.5 Å². The highest BCUT2D eigenvalue weighted by Crippen LogP contribution is 2.18. The smallest absolute Gasteiger partial charge is 0.243 e. The second-order valence-electron chi connectivity index (χ2n) is 8.23. The first-order chi connectivity index (χ1) is 14.8. The van der Waals surface area contributed by atoms with E-state index in [1.807, 2.05) is 45.9 Å². The Morgan fingerprint density at radius 1 is 0.968 bits per heavy atom. The predicted octanol–water partition coefficient (Wildman–Crippen LogP) is 5.26. The van der Waals surface area contributed by atoms with Gasteiger partial charge in [-0.25, -0.2) is 0 Å². The van der Waals surface area contributed by atoms with Crippen LogP contribution < -0.4 is 5.32 Å². The van der Waals surface area contributed by atoms with Crippen molar-refractivity contribution in [2.24, 2.45) is 0 Å². The van der Waals surface area contributed by atoms with E-state index in [2.05, 4.69) is 42.6 Å². The predicted molar refractivity (Wildman–Crippen MR) is 131 cm³/mol. The van der Waals surface area contributed by atoms with E-state index in [-0.39, 0.29) is 17.9 Å². The van der Waals surface area contributed by atoms with Crippen molar-refractivity contribution >= 4 is 23.6 Å². The molecule has 0 fully saturated rings. The van der Waals surface area contributed by atoms with Crippen LogP contribution in [0.25, 0.3) is 0 Å². The Hall–Kier alpha value is -2.27. The number of hydrogen-bond donors (Lipinski definition) is 1. The van der Waals surface area contributed by atoms with Crippen molar-refractivity contribution in [1.82, 2.24) is 10.2 Å². The van der Waals surface area contributed by atoms with Crippen LogP contribution >= 0.6 is 11.8 Å². The van der Waals surface area contributed by atoms with E-state index in [4.69, 9.17) is 0 Å². The molecule has 31 heavy (non-hydrogen) atoms. The lowest BCUT2D eigenvalue weighted by atomic mass is 10.1. The van der Waals surface area contributed by atoms with E-state index >= 15 is 0 Å². The molecule has 0 radical (unpaired) electrons. The summed E-state index contributed by atoms with van der Waals surface area (Å²) >= 11 is 1.60. The minimum absolute atomic E-state index is 0.00442. The molecule has 0 aromatic heterocycles. The molecule has 168 valence electrons. The lowest BCUT2D eigenvalue weighted by Gasteiger charge is -2.31. The number of carbonyl (C=O) groups excluding carboxylic acids is 2. The molecule has 0 aliphatic carbocycles. The molecule has 4 nitrogen and oxygen atoms in total. The molecule has 0 aliphatic rings. The number of amides is 2. The first-order valence-electron chi connectivity index (χ1n) is 11.1. The Morgan fingerprint density at radius 3 is 2.29 bits per heavy atom. The van der Waals surface area contributed by atoms with Crippen molar-refractivity contribution in [2.75, 3.05) is 5.75 Å². The largest absolute Gasteiger partial charge is 0.352 e. The second kappa shape index (κ2) is 12.6. The lowest BCUT2D eigenvalue weighted by molar-refractivity contribution is -0.139. The summed E-state index contributed by atoms with van der Waals surface area (Å²) in [5.41, 5.74) is 4.63. The van der Waals surface area contributed by atoms with Crippen LogP contribution in [0.1, 0.15) is 55.9 Å². The Bertz CT molecular complexity index is 851. The van der Waals surface area contributed by atoms with Crippen molar-refractivity contribution in [2.45, 2.75) is 71.8 Å². The fourth-order valence-electron chi connectivity index (χ4n) is 3.39. The molecule has 2 atom stereocenters. The molecule has 1 N–H and O–H groups in total. The fraction of sp³-hybridized carbons (Fsp3) is 0.462. The molecule has 0 saturated heterocycles. The third-order valence-corrected chi connectivity index (χ3v) is 6.43. The molecular formula is C26H36N2O2S. The number of thioether (sulfide) groups is 1. The maximum atomic E-state index is 13.3. The van der Waals surface area contributed by atoms with Gasteiger partial charge in [-0.2, -0.15) is 0 Å². The van der Waals surface area contributed by atoms with Gasteiger partial charge in [-0.15, -0.1) is 11.8 Å². The van der Waals surface area contributed by atoms with Crippen molar-refractivity contribution in [3.05, 3.63) is 70.8 Å². The monoisotopic (exact) mass is 440 g/mol. The Kier molecular flexibility index (Phi) is 10.1. The zero-order valence-corrected chi connectivity index (χ0v) is 20.3. The van der Waals surface area contributed by atoms with Crippen LogP contribution in [0.15, 0.2) is 48.5 Å². The number of carbonyl (C=O) groups is 2. The van der Waals surface area contributed by atoms with Gasteiger partial charge < -0.3 is 10.2 Å². The quantitative estimate of drug-likeness (QED) is 0.519. The highest BCUT2D eigenvalue weighted by atomic mass is 32.2. The third kappa shape index (κ3) is 8.06. The van der Waals surface area contributed by atoms with Crippen molar-refractivity contribution in [3.63, 3.8) is 0 Å². The molecule has 2 aromatic rings. The van der Waals surface area contributed by atoms with E-state index < -0.39 is 6.04 Å². The Labute approximate surface area is 191 Å². The number of hydrogen-bond acceptors (Lipinski definition) is 3. The van der Waals surface area contributed by atoms with Gasteiger partial charge in [0.05, 0.1) is 5.75 Å². The summed E-state index contributed by atoms with van der Waals surface area (Å²) < 4.78 is 0.